The number of nitrogens with one attached hydrogen (secondary N) is 1. The Bertz CT molecular complexity index is 577. The van der Waals surface area contributed by atoms with E-state index in [4.69, 9.17) is 0 Å². The summed E-state index contributed by atoms with van der Waals surface area (Å²) in [6.45, 7) is 8.75. The summed E-state index contributed by atoms with van der Waals surface area (Å²) in [5.74, 6) is -6.07. The minimum atomic E-state index is -3.07. The first-order valence-electron chi connectivity index (χ1n) is 6.99. The number of halogens is 4. The Hall–Kier alpha value is -1.78. The molecule has 0 aliphatic carbocycles. The summed E-state index contributed by atoms with van der Waals surface area (Å²) in [6, 6.07) is 4.46. The highest BCUT2D eigenvalue weighted by atomic mass is 19.3. The molecule has 0 radical (unpaired) electrons. The van der Waals surface area contributed by atoms with Crippen molar-refractivity contribution in [3.8, 4) is 0 Å². The van der Waals surface area contributed by atoms with E-state index >= 15 is 0 Å². The van der Waals surface area contributed by atoms with Crippen molar-refractivity contribution < 1.29 is 17.6 Å². The van der Waals surface area contributed by atoms with Gasteiger partial charge in [0.1, 0.15) is 0 Å². The van der Waals surface area contributed by atoms with Gasteiger partial charge in [-0.2, -0.15) is 0 Å². The number of rotatable bonds is 6. The maximum Gasteiger partial charge on any atom is 0.270 e. The molecule has 22 heavy (non-hydrogen) atoms. The van der Waals surface area contributed by atoms with Gasteiger partial charge in [0.05, 0.1) is 0 Å². The van der Waals surface area contributed by atoms with E-state index < -0.39 is 11.8 Å². The summed E-state index contributed by atoms with van der Waals surface area (Å²) in [7, 11) is 0. The molecule has 0 atom stereocenters. The molecule has 0 spiro atoms. The predicted molar refractivity (Wildman–Crippen MR) is 82.2 cm³/mol. The van der Waals surface area contributed by atoms with Gasteiger partial charge in [-0.05, 0) is 25.5 Å². The maximum absolute atomic E-state index is 13.6. The van der Waals surface area contributed by atoms with Gasteiger partial charge in [0, 0.05) is 42.8 Å². The first-order valence-corrected chi connectivity index (χ1v) is 6.99. The van der Waals surface area contributed by atoms with Crippen LogP contribution in [0.3, 0.4) is 0 Å². The maximum atomic E-state index is 13.6. The summed E-state index contributed by atoms with van der Waals surface area (Å²) in [4.78, 5) is 0. The predicted octanol–water partition coefficient (Wildman–Crippen LogP) is 5.27. The van der Waals surface area contributed by atoms with Gasteiger partial charge in [0.2, 0.25) is 0 Å². The fraction of sp³-hybridized carbons (Fsp3) is 0.412. The van der Waals surface area contributed by atoms with Crippen LogP contribution in [0, 0.1) is 6.92 Å². The molecule has 0 aromatic heterocycles. The van der Waals surface area contributed by atoms with Crippen LogP contribution >= 0.6 is 0 Å². The Morgan fingerprint density at radius 3 is 2.27 bits per heavy atom. The van der Waals surface area contributed by atoms with Gasteiger partial charge < -0.3 is 5.32 Å². The second-order valence-electron chi connectivity index (χ2n) is 5.37. The van der Waals surface area contributed by atoms with E-state index in [2.05, 4.69) is 11.9 Å². The van der Waals surface area contributed by atoms with E-state index in [9.17, 15) is 17.6 Å². The molecule has 0 unspecified atom stereocenters. The number of hydrogen-bond acceptors (Lipinski definition) is 1. The van der Waals surface area contributed by atoms with Gasteiger partial charge in [-0.1, -0.05) is 24.8 Å². The topological polar surface area (TPSA) is 12.0 Å². The highest BCUT2D eigenvalue weighted by molar-refractivity contribution is 5.70. The molecule has 0 aliphatic heterocycles. The zero-order valence-corrected chi connectivity index (χ0v) is 13.2. The molecule has 1 rings (SSSR count). The number of allylic oxidation sites excluding steroid dienone is 2. The van der Waals surface area contributed by atoms with E-state index in [1.165, 1.54) is 18.2 Å². The summed E-state index contributed by atoms with van der Waals surface area (Å²) >= 11 is 0. The average Bonchev–Trinajstić information content (AvgIpc) is 2.36. The van der Waals surface area contributed by atoms with Gasteiger partial charge in [-0.15, -0.1) is 0 Å². The van der Waals surface area contributed by atoms with E-state index in [1.54, 1.807) is 19.9 Å². The lowest BCUT2D eigenvalue weighted by Gasteiger charge is -2.20. The van der Waals surface area contributed by atoms with Crippen molar-refractivity contribution in [3.63, 3.8) is 0 Å². The van der Waals surface area contributed by atoms with Crippen LogP contribution in [0.25, 0.3) is 5.70 Å². The van der Waals surface area contributed by atoms with Gasteiger partial charge in [-0.25, -0.2) is 17.6 Å². The van der Waals surface area contributed by atoms with Crippen LogP contribution in [-0.4, -0.2) is 12.5 Å². The first kappa shape index (κ1) is 18.3. The third-order valence-corrected chi connectivity index (χ3v) is 3.35. The zero-order chi connectivity index (χ0) is 17.1. The molecule has 1 aromatic carbocycles. The molecule has 0 bridgehead atoms. The monoisotopic (exact) mass is 315 g/mol. The molecule has 0 saturated carbocycles. The normalized spacial score (nSPS) is 13.2. The average molecular weight is 315 g/mol. The Kier molecular flexibility index (Phi) is 5.44. The molecule has 0 amide bonds. The molecular formula is C17H21F4N. The number of alkyl halides is 4. The fourth-order valence-electron chi connectivity index (χ4n) is 2.12. The summed E-state index contributed by atoms with van der Waals surface area (Å²) in [5.41, 5.74) is 0.678. The quantitative estimate of drug-likeness (QED) is 0.557. The van der Waals surface area contributed by atoms with E-state index in [0.717, 1.165) is 13.8 Å². The first-order chi connectivity index (χ1) is 9.98. The largest absolute Gasteiger partial charge is 0.385 e. The van der Waals surface area contributed by atoms with Crippen LogP contribution in [0.2, 0.25) is 0 Å². The van der Waals surface area contributed by atoms with Gasteiger partial charge in [-0.3, -0.25) is 0 Å². The van der Waals surface area contributed by atoms with Crippen LogP contribution in [0.4, 0.5) is 17.6 Å². The molecule has 0 aliphatic rings. The van der Waals surface area contributed by atoms with E-state index in [0.29, 0.717) is 23.4 Å². The van der Waals surface area contributed by atoms with Crippen molar-refractivity contribution in [3.05, 3.63) is 53.1 Å². The van der Waals surface area contributed by atoms with Crippen molar-refractivity contribution in [1.82, 2.24) is 5.32 Å². The molecule has 122 valence electrons. The van der Waals surface area contributed by atoms with Crippen molar-refractivity contribution in [2.75, 3.05) is 6.54 Å². The number of hydrogen-bond donors (Lipinski definition) is 1. The molecule has 1 nitrogen and oxygen atoms in total. The van der Waals surface area contributed by atoms with Crippen LogP contribution in [0.5, 0.6) is 0 Å². The minimum absolute atomic E-state index is 0.123. The van der Waals surface area contributed by atoms with E-state index in [1.807, 2.05) is 0 Å². The molecule has 1 N–H and O–H groups in total. The van der Waals surface area contributed by atoms with Crippen LogP contribution in [-0.2, 0) is 5.92 Å². The molecule has 0 saturated heterocycles. The van der Waals surface area contributed by atoms with Crippen LogP contribution in [0.1, 0.15) is 37.5 Å². The third-order valence-electron chi connectivity index (χ3n) is 3.35. The lowest BCUT2D eigenvalue weighted by atomic mass is 9.95. The second-order valence-corrected chi connectivity index (χ2v) is 5.37. The SMILES string of the molecule is C=C(/C=C(/NCC)c1cccc(C(C)(F)F)c1C)C(C)(F)F. The molecule has 1 aromatic rings. The number of benzene rings is 1. The Balaban J connectivity index is 3.41. The Labute approximate surface area is 128 Å². The molecule has 0 fully saturated rings. The zero-order valence-electron chi connectivity index (χ0n) is 13.2. The van der Waals surface area contributed by atoms with Crippen molar-refractivity contribution in [1.29, 1.82) is 0 Å². The molecular weight excluding hydrogens is 294 g/mol. The standard InChI is InChI=1S/C17H21F4N/c1-6-22-15(10-11(2)16(4,18)19)13-8-7-9-14(12(13)3)17(5,20)21/h7-10,22H,2,6H2,1,3-5H3/b15-10+. The lowest BCUT2D eigenvalue weighted by molar-refractivity contribution is 0.0168. The van der Waals surface area contributed by atoms with E-state index in [-0.39, 0.29) is 11.1 Å². The van der Waals surface area contributed by atoms with Crippen LogP contribution in [0.15, 0.2) is 36.4 Å². The van der Waals surface area contributed by atoms with Crippen molar-refractivity contribution >= 4 is 5.70 Å². The van der Waals surface area contributed by atoms with Gasteiger partial charge in [0.15, 0.2) is 0 Å². The Morgan fingerprint density at radius 1 is 1.23 bits per heavy atom. The highest BCUT2D eigenvalue weighted by Crippen LogP contribution is 2.33. The third kappa shape index (κ3) is 4.36. The minimum Gasteiger partial charge on any atom is -0.385 e. The van der Waals surface area contributed by atoms with Crippen molar-refractivity contribution in [2.45, 2.75) is 39.5 Å². The molecule has 0 heterocycles. The summed E-state index contributed by atoms with van der Waals surface area (Å²) in [5, 5.41) is 2.94. The van der Waals surface area contributed by atoms with Gasteiger partial charge >= 0.3 is 0 Å². The molecule has 5 heteroatoms. The van der Waals surface area contributed by atoms with Crippen LogP contribution < -0.4 is 5.32 Å². The Morgan fingerprint density at radius 2 is 1.82 bits per heavy atom. The summed E-state index contributed by atoms with van der Waals surface area (Å²) in [6.07, 6.45) is 1.21. The smallest absolute Gasteiger partial charge is 0.270 e. The highest BCUT2D eigenvalue weighted by Gasteiger charge is 2.28. The lowest BCUT2D eigenvalue weighted by Crippen LogP contribution is -2.18. The second kappa shape index (κ2) is 6.55. The summed E-state index contributed by atoms with van der Waals surface area (Å²) < 4.78 is 53.9. The van der Waals surface area contributed by atoms with Gasteiger partial charge in [0.25, 0.3) is 11.8 Å². The van der Waals surface area contributed by atoms with Crippen molar-refractivity contribution in [2.24, 2.45) is 0 Å². The fourth-order valence-corrected chi connectivity index (χ4v) is 2.12.